The summed E-state index contributed by atoms with van der Waals surface area (Å²) < 4.78 is 5.38. The van der Waals surface area contributed by atoms with Gasteiger partial charge in [0.15, 0.2) is 5.78 Å². The minimum absolute atomic E-state index is 0.0479. The van der Waals surface area contributed by atoms with E-state index in [0.717, 1.165) is 17.5 Å². The zero-order valence-electron chi connectivity index (χ0n) is 18.4. The fraction of sp³-hybridized carbons (Fsp3) is 0.333. The Bertz CT molecular complexity index is 1070. The van der Waals surface area contributed by atoms with Gasteiger partial charge in [0.2, 0.25) is 11.8 Å². The normalized spacial score (nSPS) is 11.0. The molecule has 3 aromatic rings. The van der Waals surface area contributed by atoms with E-state index >= 15 is 0 Å². The number of carbonyl (C=O) groups is 2. The molecule has 0 saturated heterocycles. The average molecular weight is 421 g/mol. The van der Waals surface area contributed by atoms with Gasteiger partial charge in [-0.25, -0.2) is 4.98 Å². The molecule has 2 N–H and O–H groups in total. The maximum absolute atomic E-state index is 12.6. The Balaban J connectivity index is 1.79. The minimum Gasteiger partial charge on any atom is -0.445 e. The van der Waals surface area contributed by atoms with Crippen LogP contribution in [-0.2, 0) is 17.8 Å². The molecule has 162 valence electrons. The number of ketones is 1. The number of aromatic nitrogens is 2. The van der Waals surface area contributed by atoms with E-state index in [0.29, 0.717) is 23.9 Å². The molecule has 0 aliphatic carbocycles. The number of anilines is 1. The van der Waals surface area contributed by atoms with Gasteiger partial charge >= 0.3 is 0 Å². The Morgan fingerprint density at radius 3 is 2.58 bits per heavy atom. The van der Waals surface area contributed by atoms with Gasteiger partial charge in [0.05, 0.1) is 25.0 Å². The van der Waals surface area contributed by atoms with E-state index in [2.05, 4.69) is 39.7 Å². The van der Waals surface area contributed by atoms with E-state index in [1.165, 1.54) is 5.56 Å². The summed E-state index contributed by atoms with van der Waals surface area (Å²) in [4.78, 5) is 33.7. The number of carbonyl (C=O) groups excluding carboxylic acids is 2. The van der Waals surface area contributed by atoms with Crippen LogP contribution in [0.5, 0.6) is 0 Å². The van der Waals surface area contributed by atoms with Crippen molar-refractivity contribution in [3.8, 4) is 11.1 Å². The maximum atomic E-state index is 12.6. The van der Waals surface area contributed by atoms with Gasteiger partial charge in [0, 0.05) is 17.7 Å². The molecule has 0 bridgehead atoms. The van der Waals surface area contributed by atoms with Crippen molar-refractivity contribution < 1.29 is 14.0 Å². The van der Waals surface area contributed by atoms with E-state index in [1.54, 1.807) is 12.4 Å². The molecule has 7 nitrogen and oxygen atoms in total. The molecule has 0 aliphatic heterocycles. The number of rotatable bonds is 9. The summed E-state index contributed by atoms with van der Waals surface area (Å²) in [5.74, 6) is 0.604. The third-order valence-electron chi connectivity index (χ3n) is 4.82. The summed E-state index contributed by atoms with van der Waals surface area (Å²) >= 11 is 0. The fourth-order valence-electron chi connectivity index (χ4n) is 3.12. The number of aryl methyl sites for hydroxylation is 2. The molecule has 0 spiro atoms. The molecular formula is C24H28N4O3. The zero-order valence-corrected chi connectivity index (χ0v) is 18.4. The first kappa shape index (κ1) is 22.4. The molecule has 3 rings (SSSR count). The molecule has 1 aromatic carbocycles. The second-order valence-electron chi connectivity index (χ2n) is 7.71. The predicted molar refractivity (Wildman–Crippen MR) is 120 cm³/mol. The fourth-order valence-corrected chi connectivity index (χ4v) is 3.12. The Morgan fingerprint density at radius 2 is 1.90 bits per heavy atom. The summed E-state index contributed by atoms with van der Waals surface area (Å²) in [7, 11) is 0. The van der Waals surface area contributed by atoms with Crippen molar-refractivity contribution in [2.45, 2.75) is 40.7 Å². The van der Waals surface area contributed by atoms with E-state index < -0.39 is 0 Å². The second kappa shape index (κ2) is 10.1. The van der Waals surface area contributed by atoms with E-state index in [9.17, 15) is 9.59 Å². The number of hydrogen-bond donors (Lipinski definition) is 2. The summed E-state index contributed by atoms with van der Waals surface area (Å²) in [6, 6.07) is 9.95. The van der Waals surface area contributed by atoms with E-state index in [4.69, 9.17) is 4.42 Å². The summed E-state index contributed by atoms with van der Waals surface area (Å²) in [5.41, 5.74) is 3.72. The minimum atomic E-state index is -0.276. The highest BCUT2D eigenvalue weighted by atomic mass is 16.4. The number of hydrogen-bond acceptors (Lipinski definition) is 6. The van der Waals surface area contributed by atoms with Gasteiger partial charge in [-0.2, -0.15) is 0 Å². The van der Waals surface area contributed by atoms with Gasteiger partial charge in [0.25, 0.3) is 0 Å². The Hall–Kier alpha value is -3.32. The standard InChI is InChI=1S/C24H28N4O3/c1-5-17-7-6-8-18(9-17)19-10-20(23(27-12-19)24(30)15(2)3)28-21(29)13-25-14-22-26-11-16(4)31-22/h6-12,15,25H,5,13-14H2,1-4H3,(H,28,29). The first-order chi connectivity index (χ1) is 14.9. The molecule has 7 heteroatoms. The topological polar surface area (TPSA) is 97.1 Å². The SMILES string of the molecule is CCc1cccc(-c2cnc(C(=O)C(C)C)c(NC(=O)CNCc3ncc(C)o3)c2)c1. The first-order valence-electron chi connectivity index (χ1n) is 10.4. The number of Topliss-reactive ketones (excluding diaryl/α,β-unsaturated/α-hetero) is 1. The summed E-state index contributed by atoms with van der Waals surface area (Å²) in [6.45, 7) is 7.92. The maximum Gasteiger partial charge on any atom is 0.238 e. The molecule has 2 heterocycles. The van der Waals surface area contributed by atoms with Crippen LogP contribution in [0.1, 0.15) is 48.5 Å². The van der Waals surface area contributed by atoms with Crippen LogP contribution in [0.3, 0.4) is 0 Å². The Kier molecular flexibility index (Phi) is 7.31. The van der Waals surface area contributed by atoms with Crippen LogP contribution in [0.15, 0.2) is 47.1 Å². The van der Waals surface area contributed by atoms with Crippen molar-refractivity contribution in [1.29, 1.82) is 0 Å². The predicted octanol–water partition coefficient (Wildman–Crippen LogP) is 4.17. The quantitative estimate of drug-likeness (QED) is 0.504. The highest BCUT2D eigenvalue weighted by Gasteiger charge is 2.19. The van der Waals surface area contributed by atoms with Crippen LogP contribution in [0.4, 0.5) is 5.69 Å². The molecule has 0 saturated carbocycles. The molecule has 0 atom stereocenters. The number of nitrogens with zero attached hydrogens (tertiary/aromatic N) is 2. The van der Waals surface area contributed by atoms with E-state index in [1.807, 2.05) is 39.0 Å². The summed E-state index contributed by atoms with van der Waals surface area (Å²) in [5, 5.41) is 5.83. The van der Waals surface area contributed by atoms with Crippen molar-refractivity contribution in [2.24, 2.45) is 5.92 Å². The average Bonchev–Trinajstić information content (AvgIpc) is 3.18. The van der Waals surface area contributed by atoms with Crippen LogP contribution >= 0.6 is 0 Å². The van der Waals surface area contributed by atoms with Crippen molar-refractivity contribution in [2.75, 3.05) is 11.9 Å². The lowest BCUT2D eigenvalue weighted by Gasteiger charge is -2.14. The van der Waals surface area contributed by atoms with Crippen LogP contribution in [0, 0.1) is 12.8 Å². The molecule has 0 unspecified atom stereocenters. The van der Waals surface area contributed by atoms with Crippen LogP contribution in [-0.4, -0.2) is 28.2 Å². The Morgan fingerprint density at radius 1 is 1.10 bits per heavy atom. The Labute approximate surface area is 182 Å². The van der Waals surface area contributed by atoms with Gasteiger partial charge in [-0.1, -0.05) is 45.0 Å². The molecule has 31 heavy (non-hydrogen) atoms. The van der Waals surface area contributed by atoms with Crippen molar-refractivity contribution in [3.05, 3.63) is 65.6 Å². The van der Waals surface area contributed by atoms with Crippen molar-refractivity contribution in [1.82, 2.24) is 15.3 Å². The number of oxazole rings is 1. The highest BCUT2D eigenvalue weighted by molar-refractivity contribution is 6.05. The van der Waals surface area contributed by atoms with E-state index in [-0.39, 0.29) is 29.8 Å². The number of amides is 1. The molecular weight excluding hydrogens is 392 g/mol. The monoisotopic (exact) mass is 420 g/mol. The number of benzene rings is 1. The van der Waals surface area contributed by atoms with Crippen LogP contribution in [0.2, 0.25) is 0 Å². The molecule has 0 radical (unpaired) electrons. The lowest BCUT2D eigenvalue weighted by atomic mass is 10.00. The zero-order chi connectivity index (χ0) is 22.4. The molecule has 0 fully saturated rings. The molecule has 1 amide bonds. The second-order valence-corrected chi connectivity index (χ2v) is 7.71. The van der Waals surface area contributed by atoms with Gasteiger partial charge in [0.1, 0.15) is 11.5 Å². The number of nitrogens with one attached hydrogen (secondary N) is 2. The van der Waals surface area contributed by atoms with Crippen LogP contribution in [0.25, 0.3) is 11.1 Å². The third kappa shape index (κ3) is 5.86. The van der Waals surface area contributed by atoms with Gasteiger partial charge in [-0.3, -0.25) is 19.9 Å². The molecule has 0 aliphatic rings. The van der Waals surface area contributed by atoms with Gasteiger partial charge in [-0.15, -0.1) is 0 Å². The van der Waals surface area contributed by atoms with Crippen molar-refractivity contribution >= 4 is 17.4 Å². The molecule has 2 aromatic heterocycles. The lowest BCUT2D eigenvalue weighted by molar-refractivity contribution is -0.115. The third-order valence-corrected chi connectivity index (χ3v) is 4.82. The first-order valence-corrected chi connectivity index (χ1v) is 10.4. The highest BCUT2D eigenvalue weighted by Crippen LogP contribution is 2.26. The van der Waals surface area contributed by atoms with Crippen LogP contribution < -0.4 is 10.6 Å². The lowest BCUT2D eigenvalue weighted by Crippen LogP contribution is -2.29. The summed E-state index contributed by atoms with van der Waals surface area (Å²) in [6.07, 6.45) is 4.24. The largest absolute Gasteiger partial charge is 0.445 e. The van der Waals surface area contributed by atoms with Gasteiger partial charge in [-0.05, 0) is 30.5 Å². The number of pyridine rings is 1. The van der Waals surface area contributed by atoms with Crippen molar-refractivity contribution in [3.63, 3.8) is 0 Å². The van der Waals surface area contributed by atoms with Gasteiger partial charge < -0.3 is 9.73 Å². The smallest absolute Gasteiger partial charge is 0.238 e.